The smallest absolute Gasteiger partial charge is 0.171 e. The van der Waals surface area contributed by atoms with Crippen molar-refractivity contribution in [2.45, 2.75) is 12.6 Å². The largest absolute Gasteiger partial charge is 0.324 e. The van der Waals surface area contributed by atoms with Gasteiger partial charge >= 0.3 is 0 Å². The molecule has 10 heavy (non-hydrogen) atoms. The Balaban J connectivity index is 3.69. The highest BCUT2D eigenvalue weighted by atomic mass is 16.1. The van der Waals surface area contributed by atoms with Crippen molar-refractivity contribution >= 4 is 11.6 Å². The van der Waals surface area contributed by atoms with Gasteiger partial charge in [0.15, 0.2) is 11.6 Å². The molecule has 0 aromatic carbocycles. The fraction of sp³-hybridized carbons (Fsp3) is 0.600. The lowest BCUT2D eigenvalue weighted by Crippen LogP contribution is -2.40. The van der Waals surface area contributed by atoms with Crippen LogP contribution in [0.5, 0.6) is 0 Å². The van der Waals surface area contributed by atoms with E-state index in [0.717, 1.165) is 0 Å². The van der Waals surface area contributed by atoms with E-state index >= 15 is 0 Å². The standard InChI is InChI=1S/C5H11N3O2/c6-2-3(9)1-4(10)5(7)8/h5H,1-2,6-8H2. The first-order valence-electron chi connectivity index (χ1n) is 2.83. The van der Waals surface area contributed by atoms with E-state index in [2.05, 4.69) is 0 Å². The highest BCUT2D eigenvalue weighted by molar-refractivity contribution is 6.01. The van der Waals surface area contributed by atoms with Crippen LogP contribution >= 0.6 is 0 Å². The minimum absolute atomic E-state index is 0.140. The van der Waals surface area contributed by atoms with Gasteiger partial charge in [-0.25, -0.2) is 0 Å². The third-order valence-electron chi connectivity index (χ3n) is 0.971. The van der Waals surface area contributed by atoms with Crippen molar-refractivity contribution in [2.75, 3.05) is 6.54 Å². The number of hydrogen-bond acceptors (Lipinski definition) is 5. The normalized spacial score (nSPS) is 10.0. The number of rotatable bonds is 4. The first kappa shape index (κ1) is 9.22. The molecule has 0 unspecified atom stereocenters. The number of nitrogens with two attached hydrogens (primary N) is 3. The lowest BCUT2D eigenvalue weighted by Gasteiger charge is -2.00. The molecule has 0 aromatic rings. The van der Waals surface area contributed by atoms with Crippen LogP contribution in [0, 0.1) is 0 Å². The van der Waals surface area contributed by atoms with Crippen LogP contribution in [0.2, 0.25) is 0 Å². The first-order valence-corrected chi connectivity index (χ1v) is 2.83. The fourth-order valence-electron chi connectivity index (χ4n) is 0.384. The summed E-state index contributed by atoms with van der Waals surface area (Å²) in [6, 6.07) is 0. The molecule has 5 heteroatoms. The highest BCUT2D eigenvalue weighted by Gasteiger charge is 2.11. The Bertz CT molecular complexity index is 144. The third kappa shape index (κ3) is 3.29. The number of carbonyl (C=O) groups excluding carboxylic acids is 2. The van der Waals surface area contributed by atoms with Crippen molar-refractivity contribution in [3.8, 4) is 0 Å². The highest BCUT2D eigenvalue weighted by Crippen LogP contribution is 1.84. The molecule has 0 saturated carbocycles. The zero-order valence-electron chi connectivity index (χ0n) is 5.54. The van der Waals surface area contributed by atoms with Gasteiger partial charge in [-0.05, 0) is 0 Å². The second kappa shape index (κ2) is 4.10. The zero-order chi connectivity index (χ0) is 8.15. The summed E-state index contributed by atoms with van der Waals surface area (Å²) in [5, 5.41) is 0. The zero-order valence-corrected chi connectivity index (χ0v) is 5.54. The lowest BCUT2D eigenvalue weighted by atomic mass is 10.2. The molecule has 6 N–H and O–H groups in total. The molecule has 0 heterocycles. The van der Waals surface area contributed by atoms with Crippen LogP contribution < -0.4 is 17.2 Å². The van der Waals surface area contributed by atoms with Gasteiger partial charge in [0.2, 0.25) is 0 Å². The topological polar surface area (TPSA) is 112 Å². The monoisotopic (exact) mass is 145 g/mol. The van der Waals surface area contributed by atoms with E-state index in [1.807, 2.05) is 0 Å². The van der Waals surface area contributed by atoms with Gasteiger partial charge in [0.1, 0.15) is 6.17 Å². The maximum Gasteiger partial charge on any atom is 0.171 e. The van der Waals surface area contributed by atoms with Crippen LogP contribution in [0.4, 0.5) is 0 Å². The Morgan fingerprint density at radius 3 is 2.10 bits per heavy atom. The Kier molecular flexibility index (Phi) is 3.78. The van der Waals surface area contributed by atoms with E-state index in [9.17, 15) is 9.59 Å². The molecule has 0 atom stereocenters. The van der Waals surface area contributed by atoms with Gasteiger partial charge in [0, 0.05) is 0 Å². The van der Waals surface area contributed by atoms with E-state index in [1.54, 1.807) is 0 Å². The van der Waals surface area contributed by atoms with Crippen molar-refractivity contribution in [1.29, 1.82) is 0 Å². The third-order valence-corrected chi connectivity index (χ3v) is 0.971. The molecule has 0 aliphatic carbocycles. The Hall–Kier alpha value is -0.780. The summed E-state index contributed by atoms with van der Waals surface area (Å²) in [5.74, 6) is -0.818. The van der Waals surface area contributed by atoms with Crippen LogP contribution in [-0.4, -0.2) is 24.3 Å². The second-order valence-corrected chi connectivity index (χ2v) is 1.91. The average molecular weight is 145 g/mol. The summed E-state index contributed by atoms with van der Waals surface area (Å²) in [5.41, 5.74) is 14.9. The summed E-state index contributed by atoms with van der Waals surface area (Å²) < 4.78 is 0. The van der Waals surface area contributed by atoms with Gasteiger partial charge in [-0.1, -0.05) is 0 Å². The van der Waals surface area contributed by atoms with Crippen LogP contribution in [-0.2, 0) is 9.59 Å². The molecule has 0 saturated heterocycles. The summed E-state index contributed by atoms with van der Waals surface area (Å²) in [7, 11) is 0. The molecule has 0 aromatic heterocycles. The van der Waals surface area contributed by atoms with E-state index in [0.29, 0.717) is 0 Å². The van der Waals surface area contributed by atoms with Crippen molar-refractivity contribution in [3.05, 3.63) is 0 Å². The second-order valence-electron chi connectivity index (χ2n) is 1.91. The molecule has 0 aliphatic heterocycles. The average Bonchev–Trinajstić information content (AvgIpc) is 1.87. The van der Waals surface area contributed by atoms with Gasteiger partial charge < -0.3 is 17.2 Å². The molecule has 58 valence electrons. The SMILES string of the molecule is NCC(=O)CC(=O)C(N)N. The summed E-state index contributed by atoms with van der Waals surface area (Å²) in [6.45, 7) is -0.140. The van der Waals surface area contributed by atoms with Gasteiger partial charge in [-0.2, -0.15) is 0 Å². The molecular formula is C5H11N3O2. The quantitative estimate of drug-likeness (QED) is 0.304. The minimum atomic E-state index is -1.06. The molecule has 0 bridgehead atoms. The Morgan fingerprint density at radius 1 is 1.30 bits per heavy atom. The summed E-state index contributed by atoms with van der Waals surface area (Å²) >= 11 is 0. The molecule has 0 spiro atoms. The van der Waals surface area contributed by atoms with Crippen molar-refractivity contribution in [1.82, 2.24) is 0 Å². The molecule has 0 radical (unpaired) electrons. The molecule has 0 fully saturated rings. The van der Waals surface area contributed by atoms with Crippen molar-refractivity contribution < 1.29 is 9.59 Å². The molecular weight excluding hydrogens is 134 g/mol. The van der Waals surface area contributed by atoms with Crippen LogP contribution in [0.25, 0.3) is 0 Å². The lowest BCUT2D eigenvalue weighted by molar-refractivity contribution is -0.126. The molecule has 0 aliphatic rings. The van der Waals surface area contributed by atoms with Crippen LogP contribution in [0.15, 0.2) is 0 Å². The van der Waals surface area contributed by atoms with Crippen molar-refractivity contribution in [2.24, 2.45) is 17.2 Å². The van der Waals surface area contributed by atoms with Gasteiger partial charge in [-0.3, -0.25) is 9.59 Å². The Labute approximate surface area is 58.5 Å². The van der Waals surface area contributed by atoms with E-state index in [1.165, 1.54) is 0 Å². The van der Waals surface area contributed by atoms with E-state index < -0.39 is 11.9 Å². The maximum atomic E-state index is 10.6. The predicted molar refractivity (Wildman–Crippen MR) is 35.8 cm³/mol. The summed E-state index contributed by atoms with van der Waals surface area (Å²) in [6.07, 6.45) is -1.32. The minimum Gasteiger partial charge on any atom is -0.324 e. The van der Waals surface area contributed by atoms with Gasteiger partial charge in [-0.15, -0.1) is 0 Å². The van der Waals surface area contributed by atoms with Gasteiger partial charge in [0.05, 0.1) is 13.0 Å². The Morgan fingerprint density at radius 2 is 1.80 bits per heavy atom. The molecule has 0 amide bonds. The van der Waals surface area contributed by atoms with Crippen molar-refractivity contribution in [3.63, 3.8) is 0 Å². The number of hydrogen-bond donors (Lipinski definition) is 3. The fourth-order valence-corrected chi connectivity index (χ4v) is 0.384. The van der Waals surface area contributed by atoms with Crippen LogP contribution in [0.3, 0.4) is 0 Å². The van der Waals surface area contributed by atoms with E-state index in [-0.39, 0.29) is 18.7 Å². The maximum absolute atomic E-state index is 10.6. The van der Waals surface area contributed by atoms with E-state index in [4.69, 9.17) is 17.2 Å². The molecule has 5 nitrogen and oxygen atoms in total. The van der Waals surface area contributed by atoms with Crippen LogP contribution in [0.1, 0.15) is 6.42 Å². The first-order chi connectivity index (χ1) is 4.57. The number of Topliss-reactive ketones (excluding diaryl/α,β-unsaturated/α-hetero) is 2. The predicted octanol–water partition coefficient (Wildman–Crippen LogP) is -2.28. The number of carbonyl (C=O) groups is 2. The number of ketones is 2. The molecule has 0 rings (SSSR count). The van der Waals surface area contributed by atoms with Gasteiger partial charge in [0.25, 0.3) is 0 Å². The summed E-state index contributed by atoms with van der Waals surface area (Å²) in [4.78, 5) is 21.1.